The largest absolute Gasteiger partial charge is 0.484 e. The Balaban J connectivity index is 0.925. The maximum absolute atomic E-state index is 7.03. The van der Waals surface area contributed by atoms with Crippen LogP contribution < -0.4 is 20.1 Å². The number of furan rings is 1. The number of fused-ring (bicyclic) bond motifs is 8. The highest BCUT2D eigenvalue weighted by Crippen LogP contribution is 2.51. The van der Waals surface area contributed by atoms with Crippen LogP contribution in [0.2, 0.25) is 0 Å². The zero-order valence-corrected chi connectivity index (χ0v) is 31.5. The lowest BCUT2D eigenvalue weighted by Gasteiger charge is -2.26. The zero-order chi connectivity index (χ0) is 38.2. The van der Waals surface area contributed by atoms with Crippen LogP contribution in [-0.2, 0) is 6.42 Å². The van der Waals surface area contributed by atoms with Gasteiger partial charge in [-0.15, -0.1) is 0 Å². The molecule has 3 heterocycles. The molecule has 2 atom stereocenters. The van der Waals surface area contributed by atoms with E-state index in [1.165, 1.54) is 27.1 Å². The van der Waals surface area contributed by atoms with E-state index in [0.29, 0.717) is 5.89 Å². The van der Waals surface area contributed by atoms with E-state index in [1.807, 2.05) is 30.3 Å². The average molecular weight is 749 g/mol. The van der Waals surface area contributed by atoms with Crippen molar-refractivity contribution in [3.8, 4) is 28.3 Å². The minimum absolute atomic E-state index is 0.0511. The Morgan fingerprint density at radius 2 is 1.31 bits per heavy atom. The van der Waals surface area contributed by atoms with Crippen LogP contribution in [0, 0.1) is 0 Å². The number of hydrogen-bond acceptors (Lipinski definition) is 5. The van der Waals surface area contributed by atoms with Gasteiger partial charge in [0.2, 0.25) is 5.89 Å². The highest BCUT2D eigenvalue weighted by atomic mass is 16.5. The Hall–Kier alpha value is -7.37. The number of ether oxygens (including phenoxy) is 1. The van der Waals surface area contributed by atoms with Crippen LogP contribution in [0.1, 0.15) is 29.4 Å². The van der Waals surface area contributed by atoms with Crippen molar-refractivity contribution >= 4 is 56.7 Å². The van der Waals surface area contributed by atoms with E-state index in [9.17, 15) is 0 Å². The van der Waals surface area contributed by atoms with Crippen LogP contribution in [0.5, 0.6) is 5.75 Å². The number of allylic oxidation sites excluding steroid dienone is 1. The Labute approximate surface area is 335 Å². The predicted molar refractivity (Wildman–Crippen MR) is 233 cm³/mol. The molecule has 2 unspecified atom stereocenters. The molecular formula is C53H36N2O3. The second kappa shape index (κ2) is 13.1. The molecule has 9 aromatic rings. The van der Waals surface area contributed by atoms with Crippen molar-refractivity contribution < 1.29 is 13.6 Å². The second-order valence-electron chi connectivity index (χ2n) is 15.3. The van der Waals surface area contributed by atoms with Crippen LogP contribution in [-0.4, -0.2) is 11.1 Å². The summed E-state index contributed by atoms with van der Waals surface area (Å²) in [4.78, 5) is 7.19. The minimum Gasteiger partial charge on any atom is -0.484 e. The number of para-hydroxylation sites is 3. The molecule has 12 rings (SSSR count). The lowest BCUT2D eigenvalue weighted by molar-refractivity contribution is 0.287. The number of hydrogen-bond donors (Lipinski definition) is 0. The number of nitrogens with zero attached hydrogens (tertiary/aromatic N) is 2. The summed E-state index contributed by atoms with van der Waals surface area (Å²) in [6.07, 6.45) is 6.13. The van der Waals surface area contributed by atoms with Crippen molar-refractivity contribution in [1.29, 1.82) is 0 Å². The first-order valence-corrected chi connectivity index (χ1v) is 20.0. The van der Waals surface area contributed by atoms with Crippen LogP contribution in [0.15, 0.2) is 184 Å². The van der Waals surface area contributed by atoms with Gasteiger partial charge in [0.15, 0.2) is 5.76 Å². The van der Waals surface area contributed by atoms with Gasteiger partial charge in [-0.2, -0.15) is 0 Å². The molecule has 0 bridgehead atoms. The number of aryl methyl sites for hydroxylation is 1. The Kier molecular flexibility index (Phi) is 7.42. The van der Waals surface area contributed by atoms with E-state index in [4.69, 9.17) is 18.6 Å². The van der Waals surface area contributed by atoms with E-state index in [1.54, 1.807) is 0 Å². The first kappa shape index (κ1) is 32.8. The van der Waals surface area contributed by atoms with Crippen molar-refractivity contribution in [2.24, 2.45) is 0 Å². The van der Waals surface area contributed by atoms with Gasteiger partial charge in [0.05, 0.1) is 11.6 Å². The quantitative estimate of drug-likeness (QED) is 0.169. The number of anilines is 3. The number of rotatable bonds is 6. The van der Waals surface area contributed by atoms with E-state index in [-0.39, 0.29) is 12.0 Å². The molecule has 0 radical (unpaired) electrons. The monoisotopic (exact) mass is 748 g/mol. The zero-order valence-electron chi connectivity index (χ0n) is 31.5. The Bertz CT molecular complexity index is 3210. The third kappa shape index (κ3) is 5.27. The maximum atomic E-state index is 7.03. The lowest BCUT2D eigenvalue weighted by Crippen LogP contribution is -2.38. The summed E-state index contributed by atoms with van der Waals surface area (Å²) in [6.45, 7) is 0. The van der Waals surface area contributed by atoms with Gasteiger partial charge in [0.1, 0.15) is 23.0 Å². The van der Waals surface area contributed by atoms with Crippen molar-refractivity contribution in [3.05, 3.63) is 203 Å². The van der Waals surface area contributed by atoms with E-state index < -0.39 is 0 Å². The average Bonchev–Trinajstić information content (AvgIpc) is 3.99. The van der Waals surface area contributed by atoms with Crippen molar-refractivity contribution in [3.63, 3.8) is 0 Å². The molecule has 0 amide bonds. The van der Waals surface area contributed by atoms with Crippen LogP contribution in [0.4, 0.5) is 17.1 Å². The van der Waals surface area contributed by atoms with E-state index in [2.05, 4.69) is 157 Å². The first-order chi connectivity index (χ1) is 28.7. The van der Waals surface area contributed by atoms with E-state index >= 15 is 0 Å². The van der Waals surface area contributed by atoms with Gasteiger partial charge in [0.25, 0.3) is 0 Å². The molecule has 2 aromatic heterocycles. The van der Waals surface area contributed by atoms with Crippen molar-refractivity contribution in [1.82, 2.24) is 4.98 Å². The van der Waals surface area contributed by atoms with Crippen molar-refractivity contribution in [2.45, 2.75) is 24.9 Å². The molecule has 0 spiro atoms. The van der Waals surface area contributed by atoms with Crippen LogP contribution >= 0.6 is 0 Å². The molecule has 5 heteroatoms. The molecule has 7 aromatic carbocycles. The molecule has 0 N–H and O–H groups in total. The highest BCUT2D eigenvalue weighted by Gasteiger charge is 2.40. The van der Waals surface area contributed by atoms with Crippen LogP contribution in [0.3, 0.4) is 0 Å². The summed E-state index contributed by atoms with van der Waals surface area (Å²) in [7, 11) is 0. The third-order valence-electron chi connectivity index (χ3n) is 12.0. The first-order valence-electron chi connectivity index (χ1n) is 20.0. The molecule has 1 aliphatic heterocycles. The molecule has 276 valence electrons. The maximum Gasteiger partial charge on any atom is 0.226 e. The predicted octanol–water partition coefficient (Wildman–Crippen LogP) is 11.9. The minimum atomic E-state index is -0.126. The molecule has 0 fully saturated rings. The third-order valence-corrected chi connectivity index (χ3v) is 12.0. The molecule has 5 nitrogen and oxygen atoms in total. The van der Waals surface area contributed by atoms with Gasteiger partial charge in [-0.25, -0.2) is 4.98 Å². The summed E-state index contributed by atoms with van der Waals surface area (Å²) in [5.41, 5.74) is 12.9. The number of aromatic nitrogens is 1. The van der Waals surface area contributed by atoms with Gasteiger partial charge in [-0.1, -0.05) is 109 Å². The summed E-state index contributed by atoms with van der Waals surface area (Å²) in [6, 6.07) is 59.6. The summed E-state index contributed by atoms with van der Waals surface area (Å²) < 4.78 is 19.8. The van der Waals surface area contributed by atoms with Crippen molar-refractivity contribution in [2.75, 3.05) is 4.90 Å². The topological polar surface area (TPSA) is 51.6 Å². The number of oxazole rings is 1. The van der Waals surface area contributed by atoms with Gasteiger partial charge in [0, 0.05) is 50.6 Å². The van der Waals surface area contributed by atoms with Gasteiger partial charge in [-0.3, -0.25) is 0 Å². The Morgan fingerprint density at radius 1 is 0.569 bits per heavy atom. The fourth-order valence-electron chi connectivity index (χ4n) is 9.32. The normalized spacial score (nSPS) is 16.5. The summed E-state index contributed by atoms with van der Waals surface area (Å²) >= 11 is 0. The van der Waals surface area contributed by atoms with Gasteiger partial charge in [-0.05, 0) is 107 Å². The lowest BCUT2D eigenvalue weighted by atomic mass is 9.76. The fourth-order valence-corrected chi connectivity index (χ4v) is 9.32. The summed E-state index contributed by atoms with van der Waals surface area (Å²) in [5.74, 6) is 2.53. The second-order valence-corrected chi connectivity index (χ2v) is 15.3. The fraction of sp³-hybridized carbons (Fsp3) is 0.0755. The molecular weight excluding hydrogens is 713 g/mol. The highest BCUT2D eigenvalue weighted by molar-refractivity contribution is 6.06. The molecule has 2 aliphatic carbocycles. The molecule has 0 saturated heterocycles. The molecule has 3 aliphatic rings. The molecule has 58 heavy (non-hydrogen) atoms. The SMILES string of the molecule is C1=C(C2=c3ccccc3=CC3Oc4c(-c5ccc(N(c6ccccc6)c6ccc7c(c6)oc6ccccc67)cc5)cccc4C23)CCc2nc(-c3ccccc3)oc21. The summed E-state index contributed by atoms with van der Waals surface area (Å²) in [5, 5.41) is 4.70. The standard InChI is InChI=1S/C53H36N2O3/c1-3-12-34(13-4-1)53-54-45-29-24-36(31-48(45)58-53)50-40-17-8-7-14-35(40)30-49-51(50)44-20-11-19-41(52(44)57-49)33-22-25-38(26-23-33)55(37-15-5-2-6-16-37)39-27-28-43-42-18-9-10-21-46(42)56-47(43)32-39/h1-23,25-28,30-32,49,51H,24,29H2. The van der Waals surface area contributed by atoms with E-state index in [0.717, 1.165) is 85.7 Å². The molecule has 0 saturated carbocycles. The smallest absolute Gasteiger partial charge is 0.226 e. The van der Waals surface area contributed by atoms with Gasteiger partial charge >= 0.3 is 0 Å². The van der Waals surface area contributed by atoms with Crippen LogP contribution in [0.25, 0.3) is 62.2 Å². The Morgan fingerprint density at radius 3 is 2.19 bits per heavy atom. The van der Waals surface area contributed by atoms with Gasteiger partial charge < -0.3 is 18.5 Å². The number of benzene rings is 7.